The summed E-state index contributed by atoms with van der Waals surface area (Å²) in [6.07, 6.45) is 0. The van der Waals surface area contributed by atoms with Crippen LogP contribution in [0.1, 0.15) is 5.56 Å². The van der Waals surface area contributed by atoms with Crippen LogP contribution in [0.4, 0.5) is 0 Å². The zero-order chi connectivity index (χ0) is 14.8. The minimum Gasteiger partial charge on any atom is -0.437 e. The first-order valence-electron chi connectivity index (χ1n) is 6.25. The number of halogens is 3. The molecule has 0 radical (unpaired) electrons. The van der Waals surface area contributed by atoms with Crippen molar-refractivity contribution in [2.24, 2.45) is 0 Å². The molecule has 0 N–H and O–H groups in total. The van der Waals surface area contributed by atoms with E-state index >= 15 is 0 Å². The number of fused-ring (bicyclic) bond motifs is 1. The van der Waals surface area contributed by atoms with E-state index in [9.17, 15) is 0 Å². The van der Waals surface area contributed by atoms with E-state index < -0.39 is 0 Å². The van der Waals surface area contributed by atoms with Gasteiger partial charge >= 0.3 is 0 Å². The molecule has 0 aliphatic carbocycles. The highest BCUT2D eigenvalue weighted by atomic mass is 35.5. The van der Waals surface area contributed by atoms with E-state index in [1.54, 1.807) is 18.2 Å². The molecular weight excluding hydrogens is 329 g/mol. The van der Waals surface area contributed by atoms with Crippen LogP contribution < -0.4 is 4.74 Å². The van der Waals surface area contributed by atoms with Crippen LogP contribution in [0.5, 0.6) is 11.6 Å². The summed E-state index contributed by atoms with van der Waals surface area (Å²) in [5.74, 6) is 1.19. The van der Waals surface area contributed by atoms with Crippen LogP contribution in [0.15, 0.2) is 48.5 Å². The lowest BCUT2D eigenvalue weighted by atomic mass is 10.2. The van der Waals surface area contributed by atoms with Gasteiger partial charge in [0.2, 0.25) is 5.88 Å². The van der Waals surface area contributed by atoms with Crippen molar-refractivity contribution in [1.82, 2.24) is 4.98 Å². The molecule has 2 nitrogen and oxygen atoms in total. The summed E-state index contributed by atoms with van der Waals surface area (Å²) in [6, 6.07) is 14.8. The van der Waals surface area contributed by atoms with Gasteiger partial charge in [0.15, 0.2) is 0 Å². The van der Waals surface area contributed by atoms with Crippen LogP contribution >= 0.6 is 34.8 Å². The molecule has 0 atom stereocenters. The molecule has 5 heteroatoms. The van der Waals surface area contributed by atoms with Crippen molar-refractivity contribution < 1.29 is 4.74 Å². The van der Waals surface area contributed by atoms with Gasteiger partial charge in [-0.3, -0.25) is 0 Å². The summed E-state index contributed by atoms with van der Waals surface area (Å²) in [6.45, 7) is 0. The largest absolute Gasteiger partial charge is 0.437 e. The molecule has 0 amide bonds. The van der Waals surface area contributed by atoms with Crippen molar-refractivity contribution >= 4 is 45.7 Å². The minimum atomic E-state index is 0.297. The minimum absolute atomic E-state index is 0.297. The second-order valence-electron chi connectivity index (χ2n) is 4.46. The van der Waals surface area contributed by atoms with Gasteiger partial charge < -0.3 is 4.74 Å². The van der Waals surface area contributed by atoms with Gasteiger partial charge in [0.05, 0.1) is 16.4 Å². The van der Waals surface area contributed by atoms with Gasteiger partial charge in [0.1, 0.15) is 5.75 Å². The second-order valence-corrected chi connectivity index (χ2v) is 5.57. The Hall–Kier alpha value is -1.48. The normalized spacial score (nSPS) is 10.8. The molecule has 2 aromatic carbocycles. The molecular formula is C16H10Cl3NO. The summed E-state index contributed by atoms with van der Waals surface area (Å²) >= 11 is 18.1. The highest BCUT2D eigenvalue weighted by molar-refractivity contribution is 6.34. The quantitative estimate of drug-likeness (QED) is 0.540. The molecule has 3 aromatic rings. The molecule has 0 saturated heterocycles. The Morgan fingerprint density at radius 1 is 1.00 bits per heavy atom. The van der Waals surface area contributed by atoms with Gasteiger partial charge in [-0.05, 0) is 24.3 Å². The fourth-order valence-corrected chi connectivity index (χ4v) is 2.50. The molecule has 0 aliphatic heterocycles. The molecule has 0 spiro atoms. The zero-order valence-electron chi connectivity index (χ0n) is 10.8. The third-order valence-electron chi connectivity index (χ3n) is 3.01. The van der Waals surface area contributed by atoms with Gasteiger partial charge in [0, 0.05) is 22.0 Å². The van der Waals surface area contributed by atoms with Gasteiger partial charge in [-0.15, -0.1) is 11.6 Å². The van der Waals surface area contributed by atoms with Crippen molar-refractivity contribution in [3.63, 3.8) is 0 Å². The summed E-state index contributed by atoms with van der Waals surface area (Å²) in [5.41, 5.74) is 1.63. The van der Waals surface area contributed by atoms with Crippen LogP contribution in [0.2, 0.25) is 10.0 Å². The molecule has 106 valence electrons. The van der Waals surface area contributed by atoms with Crippen LogP contribution in [0.3, 0.4) is 0 Å². The summed E-state index contributed by atoms with van der Waals surface area (Å²) in [4.78, 5) is 4.50. The van der Waals surface area contributed by atoms with E-state index in [-0.39, 0.29) is 0 Å². The Morgan fingerprint density at radius 2 is 1.81 bits per heavy atom. The molecule has 3 rings (SSSR count). The number of pyridine rings is 1. The first kappa shape index (κ1) is 14.5. The Labute approximate surface area is 137 Å². The molecule has 0 saturated carbocycles. The number of para-hydroxylation sites is 1. The number of rotatable bonds is 3. The van der Waals surface area contributed by atoms with Crippen LogP contribution in [-0.4, -0.2) is 4.98 Å². The van der Waals surface area contributed by atoms with Gasteiger partial charge in [-0.2, -0.15) is 0 Å². The Balaban J connectivity index is 2.08. The Kier molecular flexibility index (Phi) is 4.20. The van der Waals surface area contributed by atoms with E-state index in [0.29, 0.717) is 27.6 Å². The lowest BCUT2D eigenvalue weighted by Crippen LogP contribution is -1.95. The fourth-order valence-electron chi connectivity index (χ4n) is 1.99. The number of hydrogen-bond donors (Lipinski definition) is 0. The first-order valence-corrected chi connectivity index (χ1v) is 7.54. The van der Waals surface area contributed by atoms with E-state index in [1.807, 2.05) is 30.3 Å². The van der Waals surface area contributed by atoms with Crippen LogP contribution in [0.25, 0.3) is 10.9 Å². The van der Waals surface area contributed by atoms with E-state index in [1.165, 1.54) is 0 Å². The van der Waals surface area contributed by atoms with Crippen molar-refractivity contribution in [2.75, 3.05) is 0 Å². The topological polar surface area (TPSA) is 22.1 Å². The number of alkyl halides is 1. The molecule has 1 heterocycles. The standard InChI is InChI=1S/C16H10Cl3NO/c17-9-11-7-10-3-1-2-4-14(10)20-16(11)21-15-8-12(18)5-6-13(15)19/h1-8H,9H2. The maximum absolute atomic E-state index is 6.12. The van der Waals surface area contributed by atoms with Crippen molar-refractivity contribution in [1.29, 1.82) is 0 Å². The SMILES string of the molecule is ClCc1cc2ccccc2nc1Oc1cc(Cl)ccc1Cl. The molecule has 0 bridgehead atoms. The van der Waals surface area contributed by atoms with E-state index in [4.69, 9.17) is 39.5 Å². The predicted molar refractivity (Wildman–Crippen MR) is 87.8 cm³/mol. The smallest absolute Gasteiger partial charge is 0.224 e. The summed E-state index contributed by atoms with van der Waals surface area (Å²) in [7, 11) is 0. The van der Waals surface area contributed by atoms with Gasteiger partial charge in [0.25, 0.3) is 0 Å². The van der Waals surface area contributed by atoms with E-state index in [2.05, 4.69) is 4.98 Å². The Bertz CT molecular complexity index is 805. The Morgan fingerprint density at radius 3 is 2.62 bits per heavy atom. The van der Waals surface area contributed by atoms with Crippen molar-refractivity contribution in [2.45, 2.75) is 5.88 Å². The van der Waals surface area contributed by atoms with Gasteiger partial charge in [-0.1, -0.05) is 41.4 Å². The summed E-state index contributed by atoms with van der Waals surface area (Å²) in [5, 5.41) is 2.02. The highest BCUT2D eigenvalue weighted by Crippen LogP contribution is 2.34. The second kappa shape index (κ2) is 6.10. The lowest BCUT2D eigenvalue weighted by molar-refractivity contribution is 0.461. The highest BCUT2D eigenvalue weighted by Gasteiger charge is 2.11. The average Bonchev–Trinajstić information content (AvgIpc) is 2.50. The van der Waals surface area contributed by atoms with Crippen molar-refractivity contribution in [3.05, 3.63) is 64.1 Å². The van der Waals surface area contributed by atoms with Crippen molar-refractivity contribution in [3.8, 4) is 11.6 Å². The number of hydrogen-bond acceptors (Lipinski definition) is 2. The number of aromatic nitrogens is 1. The summed E-state index contributed by atoms with van der Waals surface area (Å²) < 4.78 is 5.81. The average molecular weight is 339 g/mol. The molecule has 0 aliphatic rings. The molecule has 1 aromatic heterocycles. The monoisotopic (exact) mass is 337 g/mol. The van der Waals surface area contributed by atoms with Crippen LogP contribution in [-0.2, 0) is 5.88 Å². The lowest BCUT2D eigenvalue weighted by Gasteiger charge is -2.11. The van der Waals surface area contributed by atoms with Gasteiger partial charge in [-0.25, -0.2) is 4.98 Å². The fraction of sp³-hybridized carbons (Fsp3) is 0.0625. The molecule has 0 fully saturated rings. The van der Waals surface area contributed by atoms with Crippen LogP contribution in [0, 0.1) is 0 Å². The third kappa shape index (κ3) is 3.08. The molecule has 0 unspecified atom stereocenters. The number of nitrogens with zero attached hydrogens (tertiary/aromatic N) is 1. The maximum atomic E-state index is 6.12. The number of ether oxygens (including phenoxy) is 1. The third-order valence-corrected chi connectivity index (χ3v) is 3.84. The predicted octanol–water partition coefficient (Wildman–Crippen LogP) is 6.07. The zero-order valence-corrected chi connectivity index (χ0v) is 13.1. The first-order chi connectivity index (χ1) is 10.2. The number of benzene rings is 2. The molecule has 21 heavy (non-hydrogen) atoms. The maximum Gasteiger partial charge on any atom is 0.224 e. The van der Waals surface area contributed by atoms with E-state index in [0.717, 1.165) is 16.5 Å².